The Hall–Kier alpha value is -3.63. The summed E-state index contributed by atoms with van der Waals surface area (Å²) < 4.78 is 7.73. The number of aromatic nitrogens is 4. The van der Waals surface area contributed by atoms with Gasteiger partial charge in [0, 0.05) is 6.42 Å². The molecule has 1 aliphatic rings. The lowest BCUT2D eigenvalue weighted by Gasteiger charge is -2.33. The Morgan fingerprint density at radius 2 is 1.65 bits per heavy atom. The summed E-state index contributed by atoms with van der Waals surface area (Å²) in [7, 11) is 0. The molecule has 0 spiro atoms. The zero-order valence-electron chi connectivity index (χ0n) is 18.3. The van der Waals surface area contributed by atoms with Crippen molar-refractivity contribution < 1.29 is 20.1 Å². The first kappa shape index (κ1) is 22.2. The second kappa shape index (κ2) is 8.96. The van der Waals surface area contributed by atoms with Crippen molar-refractivity contribution in [3.8, 4) is 0 Å². The molecule has 1 aliphatic heterocycles. The monoisotopic (exact) mass is 459 g/mol. The summed E-state index contributed by atoms with van der Waals surface area (Å²) in [6, 6.07) is 19.7. The van der Waals surface area contributed by atoms with Gasteiger partial charge in [-0.05, 0) is 16.7 Å². The minimum atomic E-state index is -1.49. The standard InChI is InChI=1S/C25H25N5O4/c26-23-20-24(28-14-27-23)30(15-29-20)25(22(33)21(32)19(13-31)34-25)12-11-18(16-7-3-1-4-8-16)17-9-5-2-6-10-17/h1-11,14-15,19,21-22,31-33H,12-13H2,(H2,26,27,28)/t19-,21-,22-,25-/m1/s1. The van der Waals surface area contributed by atoms with Crippen molar-refractivity contribution in [3.05, 3.63) is 90.5 Å². The number of hydrogen-bond donors (Lipinski definition) is 4. The van der Waals surface area contributed by atoms with E-state index < -0.39 is 30.6 Å². The highest BCUT2D eigenvalue weighted by molar-refractivity contribution is 5.82. The quantitative estimate of drug-likeness (QED) is 0.342. The van der Waals surface area contributed by atoms with Crippen molar-refractivity contribution in [2.45, 2.75) is 30.5 Å². The third-order valence-electron chi connectivity index (χ3n) is 6.24. The van der Waals surface area contributed by atoms with E-state index in [9.17, 15) is 15.3 Å². The van der Waals surface area contributed by atoms with Crippen LogP contribution in [0.4, 0.5) is 5.82 Å². The summed E-state index contributed by atoms with van der Waals surface area (Å²) in [5, 5.41) is 31.7. The van der Waals surface area contributed by atoms with E-state index in [4.69, 9.17) is 10.5 Å². The smallest absolute Gasteiger partial charge is 0.180 e. The van der Waals surface area contributed by atoms with Gasteiger partial charge in [0.05, 0.1) is 12.9 Å². The van der Waals surface area contributed by atoms with Crippen LogP contribution in [0.1, 0.15) is 17.5 Å². The summed E-state index contributed by atoms with van der Waals surface area (Å²) in [5.74, 6) is 0.190. The van der Waals surface area contributed by atoms with Gasteiger partial charge in [0.2, 0.25) is 0 Å². The average molecular weight is 460 g/mol. The Kier molecular flexibility index (Phi) is 5.84. The first-order chi connectivity index (χ1) is 16.5. The second-order valence-corrected chi connectivity index (χ2v) is 8.22. The van der Waals surface area contributed by atoms with E-state index in [0.29, 0.717) is 11.2 Å². The Bertz CT molecular complexity index is 1270. The summed E-state index contributed by atoms with van der Waals surface area (Å²) in [4.78, 5) is 12.6. The largest absolute Gasteiger partial charge is 0.394 e. The fourth-order valence-corrected chi connectivity index (χ4v) is 4.50. The topological polar surface area (TPSA) is 140 Å². The summed E-state index contributed by atoms with van der Waals surface area (Å²) in [6.07, 6.45) is 1.20. The molecule has 0 saturated carbocycles. The van der Waals surface area contributed by atoms with Crippen LogP contribution in [0.2, 0.25) is 0 Å². The van der Waals surface area contributed by atoms with Crippen LogP contribution in [0.15, 0.2) is 79.4 Å². The van der Waals surface area contributed by atoms with E-state index >= 15 is 0 Å². The number of nitrogens with zero attached hydrogens (tertiary/aromatic N) is 4. The molecule has 0 aliphatic carbocycles. The number of benzene rings is 2. The van der Waals surface area contributed by atoms with Crippen LogP contribution in [0.5, 0.6) is 0 Å². The molecule has 34 heavy (non-hydrogen) atoms. The van der Waals surface area contributed by atoms with E-state index in [1.165, 1.54) is 12.7 Å². The number of aliphatic hydroxyl groups is 3. The van der Waals surface area contributed by atoms with Crippen LogP contribution in [0.25, 0.3) is 16.7 Å². The van der Waals surface area contributed by atoms with Crippen LogP contribution in [-0.4, -0.2) is 59.8 Å². The van der Waals surface area contributed by atoms with Crippen molar-refractivity contribution in [2.75, 3.05) is 12.3 Å². The van der Waals surface area contributed by atoms with Crippen molar-refractivity contribution in [1.29, 1.82) is 0 Å². The molecule has 1 fully saturated rings. The fourth-order valence-electron chi connectivity index (χ4n) is 4.50. The number of ether oxygens (including phenoxy) is 1. The lowest BCUT2D eigenvalue weighted by atomic mass is 9.93. The molecule has 5 rings (SSSR count). The van der Waals surface area contributed by atoms with E-state index in [-0.39, 0.29) is 12.2 Å². The predicted octanol–water partition coefficient (Wildman–Crippen LogP) is 1.70. The highest BCUT2D eigenvalue weighted by Crippen LogP contribution is 2.41. The van der Waals surface area contributed by atoms with Crippen LogP contribution in [0.3, 0.4) is 0 Å². The highest BCUT2D eigenvalue weighted by atomic mass is 16.6. The molecule has 5 N–H and O–H groups in total. The molecule has 9 heteroatoms. The number of nitrogen functional groups attached to an aromatic ring is 1. The van der Waals surface area contributed by atoms with Gasteiger partial charge in [-0.1, -0.05) is 66.7 Å². The van der Waals surface area contributed by atoms with Crippen molar-refractivity contribution in [1.82, 2.24) is 19.5 Å². The zero-order valence-corrected chi connectivity index (χ0v) is 18.3. The minimum Gasteiger partial charge on any atom is -0.394 e. The maximum Gasteiger partial charge on any atom is 0.180 e. The van der Waals surface area contributed by atoms with Crippen LogP contribution >= 0.6 is 0 Å². The number of anilines is 1. The highest BCUT2D eigenvalue weighted by Gasteiger charge is 2.55. The van der Waals surface area contributed by atoms with Gasteiger partial charge in [0.25, 0.3) is 0 Å². The third-order valence-corrected chi connectivity index (χ3v) is 6.24. The molecular weight excluding hydrogens is 434 g/mol. The molecule has 174 valence electrons. The first-order valence-electron chi connectivity index (χ1n) is 10.9. The van der Waals surface area contributed by atoms with Crippen LogP contribution in [-0.2, 0) is 10.5 Å². The molecule has 2 aromatic heterocycles. The molecular formula is C25H25N5O4. The van der Waals surface area contributed by atoms with Crippen molar-refractivity contribution in [2.24, 2.45) is 0 Å². The maximum atomic E-state index is 11.2. The van der Waals surface area contributed by atoms with E-state index in [1.54, 1.807) is 4.57 Å². The fraction of sp³-hybridized carbons (Fsp3) is 0.240. The number of rotatable bonds is 6. The minimum absolute atomic E-state index is 0.149. The Labute approximate surface area is 195 Å². The number of fused-ring (bicyclic) bond motifs is 1. The molecule has 0 bridgehead atoms. The number of aliphatic hydroxyl groups excluding tert-OH is 3. The predicted molar refractivity (Wildman–Crippen MR) is 126 cm³/mol. The second-order valence-electron chi connectivity index (χ2n) is 8.22. The molecule has 0 amide bonds. The molecule has 4 atom stereocenters. The van der Waals surface area contributed by atoms with Gasteiger partial charge in [-0.15, -0.1) is 0 Å². The van der Waals surface area contributed by atoms with Gasteiger partial charge in [-0.3, -0.25) is 4.57 Å². The average Bonchev–Trinajstić information content (AvgIpc) is 3.42. The van der Waals surface area contributed by atoms with Gasteiger partial charge < -0.3 is 25.8 Å². The molecule has 1 saturated heterocycles. The molecule has 3 heterocycles. The number of nitrogens with two attached hydrogens (primary N) is 1. The number of imidazole rings is 1. The third kappa shape index (κ3) is 3.64. The Morgan fingerprint density at radius 1 is 1.00 bits per heavy atom. The van der Waals surface area contributed by atoms with Crippen molar-refractivity contribution in [3.63, 3.8) is 0 Å². The molecule has 4 aromatic rings. The molecule has 0 radical (unpaired) electrons. The van der Waals surface area contributed by atoms with Crippen LogP contribution < -0.4 is 5.73 Å². The zero-order chi connectivity index (χ0) is 23.7. The summed E-state index contributed by atoms with van der Waals surface area (Å²) in [5.41, 5.74) is 8.09. The van der Waals surface area contributed by atoms with E-state index in [2.05, 4.69) is 15.0 Å². The normalized spacial score (nSPS) is 24.4. The van der Waals surface area contributed by atoms with Gasteiger partial charge in [0.15, 0.2) is 17.2 Å². The van der Waals surface area contributed by atoms with Crippen LogP contribution in [0, 0.1) is 0 Å². The maximum absolute atomic E-state index is 11.2. The lowest BCUT2D eigenvalue weighted by molar-refractivity contribution is -0.143. The molecule has 2 aromatic carbocycles. The SMILES string of the molecule is Nc1ncnc2c1ncn2[C@]1(CC=C(c2ccccc2)c2ccccc2)O[C@H](CO)[C@@H](O)[C@H]1O. The van der Waals surface area contributed by atoms with E-state index in [0.717, 1.165) is 16.7 Å². The van der Waals surface area contributed by atoms with Gasteiger partial charge in [0.1, 0.15) is 30.2 Å². The number of hydrogen-bond acceptors (Lipinski definition) is 8. The van der Waals surface area contributed by atoms with Crippen molar-refractivity contribution >= 4 is 22.6 Å². The van der Waals surface area contributed by atoms with Gasteiger partial charge in [-0.2, -0.15) is 0 Å². The lowest BCUT2D eigenvalue weighted by Crippen LogP contribution is -2.45. The van der Waals surface area contributed by atoms with E-state index in [1.807, 2.05) is 66.7 Å². The van der Waals surface area contributed by atoms with Gasteiger partial charge >= 0.3 is 0 Å². The Balaban J connectivity index is 1.67. The van der Waals surface area contributed by atoms with Gasteiger partial charge in [-0.25, -0.2) is 15.0 Å². The summed E-state index contributed by atoms with van der Waals surface area (Å²) in [6.45, 7) is -0.461. The summed E-state index contributed by atoms with van der Waals surface area (Å²) >= 11 is 0. The molecule has 9 nitrogen and oxygen atoms in total. The Morgan fingerprint density at radius 3 is 2.24 bits per heavy atom. The first-order valence-corrected chi connectivity index (χ1v) is 10.9. The molecule has 0 unspecified atom stereocenters.